The highest BCUT2D eigenvalue weighted by molar-refractivity contribution is 5.89. The lowest BCUT2D eigenvalue weighted by Crippen LogP contribution is -2.28. The highest BCUT2D eigenvalue weighted by Gasteiger charge is 2.07. The first-order valence-electron chi connectivity index (χ1n) is 8.59. The standard InChI is InChI=1S/C21H23NO5/c1-3-26-19-11-7-4-8-16(19)12-13-21(24)27-15-20(23)22-14-17-9-5-6-10-18(17)25-2/h4-13H,3,14-15H2,1-2H3,(H,22,23)/b13-12+. The van der Waals surface area contributed by atoms with Crippen LogP contribution in [0.1, 0.15) is 18.1 Å². The number of hydrogen-bond acceptors (Lipinski definition) is 5. The highest BCUT2D eigenvalue weighted by atomic mass is 16.5. The third-order valence-electron chi connectivity index (χ3n) is 3.63. The zero-order valence-electron chi connectivity index (χ0n) is 15.4. The summed E-state index contributed by atoms with van der Waals surface area (Å²) in [4.78, 5) is 23.7. The van der Waals surface area contributed by atoms with Crippen molar-refractivity contribution in [2.24, 2.45) is 0 Å². The summed E-state index contributed by atoms with van der Waals surface area (Å²) in [6.07, 6.45) is 2.87. The summed E-state index contributed by atoms with van der Waals surface area (Å²) in [5.74, 6) is 0.371. The molecular weight excluding hydrogens is 346 g/mol. The van der Waals surface area contributed by atoms with E-state index in [-0.39, 0.29) is 13.2 Å². The van der Waals surface area contributed by atoms with Crippen molar-refractivity contribution in [1.29, 1.82) is 0 Å². The lowest BCUT2D eigenvalue weighted by atomic mass is 10.2. The van der Waals surface area contributed by atoms with Gasteiger partial charge in [0.1, 0.15) is 11.5 Å². The Morgan fingerprint density at radius 2 is 1.74 bits per heavy atom. The Labute approximate surface area is 158 Å². The summed E-state index contributed by atoms with van der Waals surface area (Å²) in [5, 5.41) is 2.69. The van der Waals surface area contributed by atoms with Gasteiger partial charge in [-0.3, -0.25) is 4.79 Å². The van der Waals surface area contributed by atoms with Gasteiger partial charge in [-0.25, -0.2) is 4.79 Å². The molecule has 2 rings (SSSR count). The topological polar surface area (TPSA) is 73.9 Å². The summed E-state index contributed by atoms with van der Waals surface area (Å²) >= 11 is 0. The Balaban J connectivity index is 1.80. The van der Waals surface area contributed by atoms with E-state index in [4.69, 9.17) is 14.2 Å². The van der Waals surface area contributed by atoms with Crippen LogP contribution in [0.4, 0.5) is 0 Å². The minimum Gasteiger partial charge on any atom is -0.496 e. The Morgan fingerprint density at radius 3 is 2.48 bits per heavy atom. The molecule has 0 radical (unpaired) electrons. The number of esters is 1. The second-order valence-corrected chi connectivity index (χ2v) is 5.50. The van der Waals surface area contributed by atoms with E-state index in [1.807, 2.05) is 55.5 Å². The van der Waals surface area contributed by atoms with Gasteiger partial charge >= 0.3 is 5.97 Å². The van der Waals surface area contributed by atoms with Crippen LogP contribution in [0, 0.1) is 0 Å². The summed E-state index contributed by atoms with van der Waals surface area (Å²) in [5.41, 5.74) is 1.60. The molecule has 1 N–H and O–H groups in total. The van der Waals surface area contributed by atoms with Crippen molar-refractivity contribution < 1.29 is 23.8 Å². The van der Waals surface area contributed by atoms with E-state index in [1.54, 1.807) is 13.2 Å². The van der Waals surface area contributed by atoms with Gasteiger partial charge in [-0.15, -0.1) is 0 Å². The number of carbonyl (C=O) groups is 2. The molecule has 0 aliphatic rings. The van der Waals surface area contributed by atoms with Gasteiger partial charge < -0.3 is 19.5 Å². The van der Waals surface area contributed by atoms with Crippen LogP contribution >= 0.6 is 0 Å². The molecule has 0 saturated carbocycles. The predicted molar refractivity (Wildman–Crippen MR) is 102 cm³/mol. The van der Waals surface area contributed by atoms with Gasteiger partial charge in [0, 0.05) is 23.7 Å². The maximum Gasteiger partial charge on any atom is 0.331 e. The van der Waals surface area contributed by atoms with Crippen molar-refractivity contribution in [2.45, 2.75) is 13.5 Å². The summed E-state index contributed by atoms with van der Waals surface area (Å²) < 4.78 is 15.7. The van der Waals surface area contributed by atoms with E-state index in [9.17, 15) is 9.59 Å². The average Bonchev–Trinajstić information content (AvgIpc) is 2.70. The number of carbonyl (C=O) groups excluding carboxylic acids is 2. The molecule has 0 saturated heterocycles. The molecule has 142 valence electrons. The lowest BCUT2D eigenvalue weighted by molar-refractivity contribution is -0.143. The monoisotopic (exact) mass is 369 g/mol. The molecule has 0 bridgehead atoms. The second-order valence-electron chi connectivity index (χ2n) is 5.50. The Hall–Kier alpha value is -3.28. The number of ether oxygens (including phenoxy) is 3. The zero-order valence-corrected chi connectivity index (χ0v) is 15.4. The number of hydrogen-bond donors (Lipinski definition) is 1. The molecule has 0 aliphatic carbocycles. The zero-order chi connectivity index (χ0) is 19.5. The molecule has 0 unspecified atom stereocenters. The van der Waals surface area contributed by atoms with Crippen molar-refractivity contribution in [3.63, 3.8) is 0 Å². The van der Waals surface area contributed by atoms with Gasteiger partial charge in [0.15, 0.2) is 6.61 Å². The molecular formula is C21H23NO5. The molecule has 0 fully saturated rings. The van der Waals surface area contributed by atoms with Crippen LogP contribution < -0.4 is 14.8 Å². The molecule has 0 aliphatic heterocycles. The highest BCUT2D eigenvalue weighted by Crippen LogP contribution is 2.19. The minimum atomic E-state index is -0.603. The number of rotatable bonds is 9. The molecule has 0 heterocycles. The van der Waals surface area contributed by atoms with Crippen LogP contribution in [-0.2, 0) is 20.9 Å². The van der Waals surface area contributed by atoms with Gasteiger partial charge in [0.05, 0.1) is 13.7 Å². The third kappa shape index (κ3) is 6.51. The first kappa shape index (κ1) is 20.0. The van der Waals surface area contributed by atoms with Gasteiger partial charge in [-0.1, -0.05) is 36.4 Å². The molecule has 6 nitrogen and oxygen atoms in total. The van der Waals surface area contributed by atoms with Crippen LogP contribution in [-0.4, -0.2) is 32.2 Å². The lowest BCUT2D eigenvalue weighted by Gasteiger charge is -2.09. The summed E-state index contributed by atoms with van der Waals surface area (Å²) in [6, 6.07) is 14.7. The number of benzene rings is 2. The molecule has 0 aromatic heterocycles. The minimum absolute atomic E-state index is 0.290. The Kier molecular flexibility index (Phi) is 7.91. The van der Waals surface area contributed by atoms with Crippen LogP contribution in [0.15, 0.2) is 54.6 Å². The van der Waals surface area contributed by atoms with E-state index in [0.29, 0.717) is 18.1 Å². The molecule has 27 heavy (non-hydrogen) atoms. The first-order chi connectivity index (χ1) is 13.1. The SMILES string of the molecule is CCOc1ccccc1/C=C/C(=O)OCC(=O)NCc1ccccc1OC. The summed E-state index contributed by atoms with van der Waals surface area (Å²) in [7, 11) is 1.57. The van der Waals surface area contributed by atoms with Gasteiger partial charge in [-0.2, -0.15) is 0 Å². The van der Waals surface area contributed by atoms with E-state index >= 15 is 0 Å². The summed E-state index contributed by atoms with van der Waals surface area (Å²) in [6.45, 7) is 2.35. The van der Waals surface area contributed by atoms with Crippen LogP contribution in [0.5, 0.6) is 11.5 Å². The number of methoxy groups -OCH3 is 1. The molecule has 2 aromatic rings. The number of amides is 1. The van der Waals surface area contributed by atoms with Gasteiger partial charge in [-0.05, 0) is 25.1 Å². The van der Waals surface area contributed by atoms with E-state index in [1.165, 1.54) is 6.08 Å². The number of nitrogens with one attached hydrogen (secondary N) is 1. The molecule has 1 amide bonds. The molecule has 2 aromatic carbocycles. The van der Waals surface area contributed by atoms with Crippen molar-refractivity contribution in [3.8, 4) is 11.5 Å². The van der Waals surface area contributed by atoms with Crippen LogP contribution in [0.2, 0.25) is 0 Å². The quantitative estimate of drug-likeness (QED) is 0.543. The fraction of sp³-hybridized carbons (Fsp3) is 0.238. The average molecular weight is 369 g/mol. The van der Waals surface area contributed by atoms with Crippen LogP contribution in [0.3, 0.4) is 0 Å². The smallest absolute Gasteiger partial charge is 0.331 e. The Bertz CT molecular complexity index is 801. The van der Waals surface area contributed by atoms with Crippen LogP contribution in [0.25, 0.3) is 6.08 Å². The predicted octanol–water partition coefficient (Wildman–Crippen LogP) is 2.97. The van der Waals surface area contributed by atoms with E-state index < -0.39 is 11.9 Å². The second kappa shape index (κ2) is 10.7. The van der Waals surface area contributed by atoms with Crippen molar-refractivity contribution >= 4 is 18.0 Å². The fourth-order valence-corrected chi connectivity index (χ4v) is 2.34. The Morgan fingerprint density at radius 1 is 1.04 bits per heavy atom. The fourth-order valence-electron chi connectivity index (χ4n) is 2.34. The molecule has 0 atom stereocenters. The first-order valence-corrected chi connectivity index (χ1v) is 8.59. The van der Waals surface area contributed by atoms with Gasteiger partial charge in [0.2, 0.25) is 0 Å². The number of para-hydroxylation sites is 2. The molecule has 0 spiro atoms. The third-order valence-corrected chi connectivity index (χ3v) is 3.63. The maximum absolute atomic E-state index is 11.9. The van der Waals surface area contributed by atoms with Crippen molar-refractivity contribution in [3.05, 3.63) is 65.7 Å². The largest absolute Gasteiger partial charge is 0.496 e. The van der Waals surface area contributed by atoms with Gasteiger partial charge in [0.25, 0.3) is 5.91 Å². The van der Waals surface area contributed by atoms with E-state index in [0.717, 1.165) is 11.1 Å². The van der Waals surface area contributed by atoms with Crippen molar-refractivity contribution in [1.82, 2.24) is 5.32 Å². The normalized spacial score (nSPS) is 10.4. The van der Waals surface area contributed by atoms with E-state index in [2.05, 4.69) is 5.32 Å². The molecule has 6 heteroatoms. The maximum atomic E-state index is 11.9. The van der Waals surface area contributed by atoms with Crippen molar-refractivity contribution in [2.75, 3.05) is 20.3 Å².